The van der Waals surface area contributed by atoms with Gasteiger partial charge in [0, 0.05) is 19.5 Å². The van der Waals surface area contributed by atoms with Crippen LogP contribution in [0.3, 0.4) is 0 Å². The number of rotatable bonds is 6. The molecule has 0 unspecified atom stereocenters. The van der Waals surface area contributed by atoms with Crippen LogP contribution in [0.5, 0.6) is 0 Å². The fraction of sp³-hybridized carbons (Fsp3) is 0.120. The Morgan fingerprint density at radius 3 is 2.10 bits per heavy atom. The molecule has 5 nitrogen and oxygen atoms in total. The van der Waals surface area contributed by atoms with Gasteiger partial charge in [0.1, 0.15) is 11.3 Å². The first kappa shape index (κ1) is 19.5. The summed E-state index contributed by atoms with van der Waals surface area (Å²) < 4.78 is 6.00. The summed E-state index contributed by atoms with van der Waals surface area (Å²) in [4.78, 5) is 0. The molecule has 30 heavy (non-hydrogen) atoms. The van der Waals surface area contributed by atoms with Crippen LogP contribution >= 0.6 is 0 Å². The van der Waals surface area contributed by atoms with Crippen LogP contribution in [0.15, 0.2) is 99.5 Å². The molecule has 1 aromatic heterocycles. The molecule has 0 saturated carbocycles. The summed E-state index contributed by atoms with van der Waals surface area (Å²) in [5.74, 6) is 0.753. The van der Waals surface area contributed by atoms with E-state index in [0.717, 1.165) is 39.4 Å². The van der Waals surface area contributed by atoms with Crippen molar-refractivity contribution in [3.05, 3.63) is 96.3 Å². The molecule has 0 N–H and O–H groups in total. The van der Waals surface area contributed by atoms with Gasteiger partial charge in [-0.15, -0.1) is 0 Å². The third-order valence-corrected chi connectivity index (χ3v) is 4.84. The second-order valence-corrected chi connectivity index (χ2v) is 7.06. The van der Waals surface area contributed by atoms with Crippen LogP contribution in [0.1, 0.15) is 18.2 Å². The van der Waals surface area contributed by atoms with Crippen molar-refractivity contribution in [2.75, 3.05) is 24.1 Å². The Kier molecular flexibility index (Phi) is 5.61. The molecule has 3 aromatic carbocycles. The van der Waals surface area contributed by atoms with Crippen molar-refractivity contribution in [1.82, 2.24) is 0 Å². The Morgan fingerprint density at radius 2 is 1.43 bits per heavy atom. The molecule has 0 aliphatic rings. The molecule has 0 fully saturated rings. The van der Waals surface area contributed by atoms with Gasteiger partial charge < -0.3 is 4.42 Å². The molecule has 0 spiro atoms. The number of hydrazone groups is 2. The van der Waals surface area contributed by atoms with E-state index in [0.29, 0.717) is 0 Å². The molecule has 0 amide bonds. The predicted octanol–water partition coefficient (Wildman–Crippen LogP) is 5.76. The van der Waals surface area contributed by atoms with E-state index < -0.39 is 0 Å². The van der Waals surface area contributed by atoms with Crippen molar-refractivity contribution >= 4 is 34.3 Å². The molecule has 4 aromatic rings. The number of para-hydroxylation sites is 2. The van der Waals surface area contributed by atoms with Crippen molar-refractivity contribution in [3.8, 4) is 0 Å². The van der Waals surface area contributed by atoms with Gasteiger partial charge in [0.05, 0.1) is 17.6 Å². The lowest BCUT2D eigenvalue weighted by Crippen LogP contribution is -2.11. The van der Waals surface area contributed by atoms with Crippen LogP contribution in [-0.2, 0) is 0 Å². The van der Waals surface area contributed by atoms with Gasteiger partial charge in [-0.1, -0.05) is 36.4 Å². The maximum atomic E-state index is 6.00. The van der Waals surface area contributed by atoms with Crippen molar-refractivity contribution in [2.45, 2.75) is 6.92 Å². The zero-order chi connectivity index (χ0) is 20.9. The van der Waals surface area contributed by atoms with Crippen molar-refractivity contribution in [2.24, 2.45) is 10.2 Å². The summed E-state index contributed by atoms with van der Waals surface area (Å²) in [6.07, 6.45) is 1.85. The summed E-state index contributed by atoms with van der Waals surface area (Å²) in [5.41, 5.74) is 4.71. The summed E-state index contributed by atoms with van der Waals surface area (Å²) >= 11 is 0. The third-order valence-electron chi connectivity index (χ3n) is 4.84. The summed E-state index contributed by atoms with van der Waals surface area (Å²) in [5, 5.41) is 13.9. The van der Waals surface area contributed by atoms with E-state index in [1.165, 1.54) is 0 Å². The fourth-order valence-electron chi connectivity index (χ4n) is 3.16. The second-order valence-electron chi connectivity index (χ2n) is 7.06. The Hall–Kier alpha value is -3.86. The van der Waals surface area contributed by atoms with Crippen molar-refractivity contribution in [3.63, 3.8) is 0 Å². The van der Waals surface area contributed by atoms with E-state index in [9.17, 15) is 0 Å². The Labute approximate surface area is 176 Å². The lowest BCUT2D eigenvalue weighted by molar-refractivity contribution is 0.603. The largest absolute Gasteiger partial charge is 0.455 e. The standard InChI is InChI=1S/C25H24N4O/c1-19(27-29(3)23-12-8-5-9-13-23)25-17-21-16-20(14-15-24(21)30-25)18-26-28(2)22-10-6-4-7-11-22/h4-18H,1-3H3/b26-18+,27-19+. The quantitative estimate of drug-likeness (QED) is 0.307. The van der Waals surface area contributed by atoms with E-state index in [1.54, 1.807) is 0 Å². The molecule has 5 heteroatoms. The van der Waals surface area contributed by atoms with E-state index >= 15 is 0 Å². The number of nitrogens with zero attached hydrogens (tertiary/aromatic N) is 4. The minimum Gasteiger partial charge on any atom is -0.455 e. The molecular formula is C25H24N4O. The maximum Gasteiger partial charge on any atom is 0.151 e. The molecule has 0 aliphatic carbocycles. The second kappa shape index (κ2) is 8.66. The van der Waals surface area contributed by atoms with E-state index in [2.05, 4.69) is 16.3 Å². The number of furan rings is 1. The van der Waals surface area contributed by atoms with Gasteiger partial charge in [0.25, 0.3) is 0 Å². The monoisotopic (exact) mass is 396 g/mol. The van der Waals surface area contributed by atoms with Crippen molar-refractivity contribution in [1.29, 1.82) is 0 Å². The number of hydrogen-bond donors (Lipinski definition) is 0. The smallest absolute Gasteiger partial charge is 0.151 e. The summed E-state index contributed by atoms with van der Waals surface area (Å²) in [7, 11) is 3.86. The van der Waals surface area contributed by atoms with Gasteiger partial charge in [0.15, 0.2) is 5.76 Å². The predicted molar refractivity (Wildman–Crippen MR) is 126 cm³/mol. The van der Waals surface area contributed by atoms with Gasteiger partial charge in [-0.25, -0.2) is 0 Å². The van der Waals surface area contributed by atoms with Gasteiger partial charge in [-0.05, 0) is 61.0 Å². The minimum atomic E-state index is 0.753. The highest BCUT2D eigenvalue weighted by molar-refractivity contribution is 6.01. The molecule has 0 saturated heterocycles. The number of fused-ring (bicyclic) bond motifs is 1. The van der Waals surface area contributed by atoms with Crippen LogP contribution in [-0.4, -0.2) is 26.0 Å². The molecule has 0 aliphatic heterocycles. The Balaban J connectivity index is 1.53. The molecular weight excluding hydrogens is 372 g/mol. The van der Waals surface area contributed by atoms with E-state index in [-0.39, 0.29) is 0 Å². The maximum absolute atomic E-state index is 6.00. The highest BCUT2D eigenvalue weighted by atomic mass is 16.3. The minimum absolute atomic E-state index is 0.753. The fourth-order valence-corrected chi connectivity index (χ4v) is 3.16. The molecule has 0 radical (unpaired) electrons. The summed E-state index contributed by atoms with van der Waals surface area (Å²) in [6.45, 7) is 1.95. The highest BCUT2D eigenvalue weighted by Crippen LogP contribution is 2.22. The van der Waals surface area contributed by atoms with Crippen LogP contribution in [0, 0.1) is 0 Å². The number of hydrogen-bond acceptors (Lipinski definition) is 5. The van der Waals surface area contributed by atoms with Crippen LogP contribution < -0.4 is 10.0 Å². The third kappa shape index (κ3) is 4.41. The Morgan fingerprint density at radius 1 is 0.800 bits per heavy atom. The first-order valence-electron chi connectivity index (χ1n) is 9.81. The molecule has 4 rings (SSSR count). The zero-order valence-electron chi connectivity index (χ0n) is 17.4. The topological polar surface area (TPSA) is 44.3 Å². The molecule has 1 heterocycles. The molecule has 0 atom stereocenters. The van der Waals surface area contributed by atoms with Crippen LogP contribution in [0.4, 0.5) is 11.4 Å². The molecule has 150 valence electrons. The first-order valence-corrected chi connectivity index (χ1v) is 9.81. The van der Waals surface area contributed by atoms with Gasteiger partial charge in [0.2, 0.25) is 0 Å². The van der Waals surface area contributed by atoms with E-state index in [1.807, 2.05) is 116 Å². The zero-order valence-corrected chi connectivity index (χ0v) is 17.4. The van der Waals surface area contributed by atoms with Crippen LogP contribution in [0.25, 0.3) is 11.0 Å². The lowest BCUT2D eigenvalue weighted by atomic mass is 10.1. The molecule has 0 bridgehead atoms. The Bertz CT molecular complexity index is 1180. The first-order chi connectivity index (χ1) is 14.6. The van der Waals surface area contributed by atoms with Gasteiger partial charge in [-0.2, -0.15) is 10.2 Å². The lowest BCUT2D eigenvalue weighted by Gasteiger charge is -2.13. The number of anilines is 2. The SMILES string of the molecule is C/C(=N\N(C)c1ccccc1)c1cc2cc(/C=N/N(C)c3ccccc3)ccc2o1. The van der Waals surface area contributed by atoms with E-state index in [4.69, 9.17) is 4.42 Å². The normalized spacial score (nSPS) is 11.9. The average molecular weight is 396 g/mol. The van der Waals surface area contributed by atoms with Gasteiger partial charge in [-0.3, -0.25) is 10.0 Å². The summed E-state index contributed by atoms with van der Waals surface area (Å²) in [6, 6.07) is 28.1. The number of benzene rings is 3. The van der Waals surface area contributed by atoms with Crippen molar-refractivity contribution < 1.29 is 4.42 Å². The average Bonchev–Trinajstić information content (AvgIpc) is 3.22. The van der Waals surface area contributed by atoms with Gasteiger partial charge >= 0.3 is 0 Å². The van der Waals surface area contributed by atoms with Crippen LogP contribution in [0.2, 0.25) is 0 Å². The highest BCUT2D eigenvalue weighted by Gasteiger charge is 2.09.